The predicted molar refractivity (Wildman–Crippen MR) is 62.6 cm³/mol. The van der Waals surface area contributed by atoms with Crippen LogP contribution >= 0.6 is 0 Å². The van der Waals surface area contributed by atoms with Crippen LogP contribution in [0.25, 0.3) is 0 Å². The molecule has 1 rings (SSSR count). The molecule has 0 bridgehead atoms. The van der Waals surface area contributed by atoms with Crippen LogP contribution < -0.4 is 5.32 Å². The molecule has 0 aliphatic rings. The van der Waals surface area contributed by atoms with E-state index in [-0.39, 0.29) is 8.80 Å². The highest BCUT2D eigenvalue weighted by molar-refractivity contribution is 6.54. The second kappa shape index (κ2) is 8.02. The molecule has 13 heavy (non-hydrogen) atoms. The summed E-state index contributed by atoms with van der Waals surface area (Å²) < 4.78 is 0. The topological polar surface area (TPSA) is 12.0 Å². The van der Waals surface area contributed by atoms with Crippen LogP contribution in [0.5, 0.6) is 0 Å². The number of hydrogen-bond donors (Lipinski definition) is 1. The van der Waals surface area contributed by atoms with E-state index in [0.717, 1.165) is 6.54 Å². The number of nitrogens with one attached hydrogen (secondary N) is 1. The van der Waals surface area contributed by atoms with Gasteiger partial charge in [-0.15, -0.1) is 0 Å². The largest absolute Gasteiger partial charge is 0.316 e. The maximum atomic E-state index is 3.08. The summed E-state index contributed by atoms with van der Waals surface area (Å²) in [5.74, 6) is 0. The van der Waals surface area contributed by atoms with Crippen molar-refractivity contribution in [2.45, 2.75) is 26.2 Å². The van der Waals surface area contributed by atoms with Crippen molar-refractivity contribution in [3.63, 3.8) is 0 Å². The minimum absolute atomic E-state index is 0.120. The Labute approximate surface area is 83.8 Å². The lowest BCUT2D eigenvalue weighted by Crippen LogP contribution is -2.04. The number of benzene rings is 1. The van der Waals surface area contributed by atoms with Crippen molar-refractivity contribution in [2.24, 2.45) is 0 Å². The zero-order chi connectivity index (χ0) is 10.1. The van der Waals surface area contributed by atoms with Crippen LogP contribution in [0.2, 0.25) is 19.6 Å². The molecule has 73 valence electrons. The highest BCUT2D eigenvalue weighted by Gasteiger charge is 1.83. The van der Waals surface area contributed by atoms with Crippen molar-refractivity contribution < 1.29 is 0 Å². The summed E-state index contributed by atoms with van der Waals surface area (Å²) in [4.78, 5) is 0. The molecular formula is C11H20NSi. The third-order valence-corrected chi connectivity index (χ3v) is 1.22. The van der Waals surface area contributed by atoms with Gasteiger partial charge < -0.3 is 5.32 Å². The van der Waals surface area contributed by atoms with Gasteiger partial charge in [0.1, 0.15) is 0 Å². The van der Waals surface area contributed by atoms with Crippen LogP contribution in [0.15, 0.2) is 30.3 Å². The third kappa shape index (κ3) is 9.31. The third-order valence-electron chi connectivity index (χ3n) is 1.22. The van der Waals surface area contributed by atoms with Crippen LogP contribution in [0.1, 0.15) is 5.56 Å². The molecule has 1 aromatic carbocycles. The van der Waals surface area contributed by atoms with Crippen LogP contribution in [0.4, 0.5) is 0 Å². The van der Waals surface area contributed by atoms with Crippen molar-refractivity contribution in [3.05, 3.63) is 35.9 Å². The second-order valence-corrected chi connectivity index (χ2v) is 6.52. The Morgan fingerprint density at radius 3 is 1.92 bits per heavy atom. The van der Waals surface area contributed by atoms with E-state index in [2.05, 4.69) is 37.1 Å². The van der Waals surface area contributed by atoms with E-state index in [0.29, 0.717) is 0 Å². The van der Waals surface area contributed by atoms with Crippen molar-refractivity contribution in [3.8, 4) is 0 Å². The van der Waals surface area contributed by atoms with Crippen LogP contribution in [0.3, 0.4) is 0 Å². The highest BCUT2D eigenvalue weighted by Crippen LogP contribution is 1.95. The van der Waals surface area contributed by atoms with E-state index < -0.39 is 0 Å². The van der Waals surface area contributed by atoms with E-state index in [4.69, 9.17) is 0 Å². The van der Waals surface area contributed by atoms with Gasteiger partial charge in [-0.05, 0) is 12.6 Å². The standard InChI is InChI=1S/C8H11N.C3H9Si/c1-9-7-8-5-3-2-4-6-8;1-4(2)3/h2-6,9H,7H2,1H3;1-3H3. The summed E-state index contributed by atoms with van der Waals surface area (Å²) in [5.41, 5.74) is 1.33. The molecule has 0 aromatic heterocycles. The van der Waals surface area contributed by atoms with Crippen molar-refractivity contribution >= 4 is 8.80 Å². The fraction of sp³-hybridized carbons (Fsp3) is 0.455. The average molecular weight is 194 g/mol. The lowest BCUT2D eigenvalue weighted by molar-refractivity contribution is 0.818. The zero-order valence-corrected chi connectivity index (χ0v) is 10.1. The van der Waals surface area contributed by atoms with Gasteiger partial charge in [-0.1, -0.05) is 50.0 Å². The van der Waals surface area contributed by atoms with Crippen LogP contribution in [-0.4, -0.2) is 15.8 Å². The Hall–Kier alpha value is -0.603. The second-order valence-electron chi connectivity index (χ2n) is 3.52. The van der Waals surface area contributed by atoms with Gasteiger partial charge in [-0.2, -0.15) is 0 Å². The summed E-state index contributed by atoms with van der Waals surface area (Å²) in [6.45, 7) is 7.76. The van der Waals surface area contributed by atoms with Gasteiger partial charge in [0.15, 0.2) is 0 Å². The SMILES string of the molecule is CNCc1ccccc1.C[Si](C)C. The fourth-order valence-electron chi connectivity index (χ4n) is 0.800. The maximum absolute atomic E-state index is 3.08. The van der Waals surface area contributed by atoms with Gasteiger partial charge in [0.25, 0.3) is 0 Å². The minimum Gasteiger partial charge on any atom is -0.316 e. The monoisotopic (exact) mass is 194 g/mol. The molecule has 1 aromatic rings. The Morgan fingerprint density at radius 1 is 1.08 bits per heavy atom. The molecule has 0 saturated carbocycles. The van der Waals surface area contributed by atoms with E-state index >= 15 is 0 Å². The van der Waals surface area contributed by atoms with Crippen molar-refractivity contribution in [1.82, 2.24) is 5.32 Å². The molecule has 0 atom stereocenters. The molecule has 0 spiro atoms. The minimum atomic E-state index is 0.120. The molecule has 0 amide bonds. The van der Waals surface area contributed by atoms with Gasteiger partial charge in [0.05, 0.1) is 0 Å². The van der Waals surface area contributed by atoms with Gasteiger partial charge >= 0.3 is 0 Å². The molecule has 0 fully saturated rings. The Kier molecular flexibility index (Phi) is 7.64. The number of hydrogen-bond acceptors (Lipinski definition) is 1. The van der Waals surface area contributed by atoms with E-state index in [1.54, 1.807) is 0 Å². The first-order chi connectivity index (χ1) is 6.16. The normalized spacial score (nSPS) is 9.31. The molecule has 1 N–H and O–H groups in total. The average Bonchev–Trinajstić information content (AvgIpc) is 2.06. The molecule has 0 aliphatic carbocycles. The molecule has 0 aliphatic heterocycles. The van der Waals surface area contributed by atoms with E-state index in [1.807, 2.05) is 25.2 Å². The molecule has 0 heterocycles. The first-order valence-electron chi connectivity index (χ1n) is 4.62. The van der Waals surface area contributed by atoms with Gasteiger partial charge in [0, 0.05) is 15.3 Å². The molecule has 1 nitrogen and oxygen atoms in total. The van der Waals surface area contributed by atoms with Crippen molar-refractivity contribution in [2.75, 3.05) is 7.05 Å². The Bertz CT molecular complexity index is 194. The van der Waals surface area contributed by atoms with Crippen LogP contribution in [-0.2, 0) is 6.54 Å². The Balaban J connectivity index is 0.000000310. The summed E-state index contributed by atoms with van der Waals surface area (Å²) in [6.07, 6.45) is 0. The number of rotatable bonds is 2. The molecule has 1 radical (unpaired) electrons. The van der Waals surface area contributed by atoms with E-state index in [1.165, 1.54) is 5.56 Å². The van der Waals surface area contributed by atoms with E-state index in [9.17, 15) is 0 Å². The zero-order valence-electron chi connectivity index (χ0n) is 9.09. The first-order valence-corrected chi connectivity index (χ1v) is 7.62. The molecular weight excluding hydrogens is 174 g/mol. The lowest BCUT2D eigenvalue weighted by atomic mass is 10.2. The smallest absolute Gasteiger partial charge is 0.0379 e. The highest BCUT2D eigenvalue weighted by atomic mass is 28.3. The first kappa shape index (κ1) is 12.4. The summed E-state index contributed by atoms with van der Waals surface area (Å²) >= 11 is 0. The molecule has 0 unspecified atom stereocenters. The lowest BCUT2D eigenvalue weighted by Gasteiger charge is -1.95. The van der Waals surface area contributed by atoms with Gasteiger partial charge in [-0.25, -0.2) is 0 Å². The van der Waals surface area contributed by atoms with Gasteiger partial charge in [0.2, 0.25) is 0 Å². The quantitative estimate of drug-likeness (QED) is 0.714. The predicted octanol–water partition coefficient (Wildman–Crippen LogP) is 2.78. The van der Waals surface area contributed by atoms with Crippen molar-refractivity contribution in [1.29, 1.82) is 0 Å². The van der Waals surface area contributed by atoms with Gasteiger partial charge in [-0.3, -0.25) is 0 Å². The van der Waals surface area contributed by atoms with Crippen LogP contribution in [0, 0.1) is 0 Å². The molecule has 0 saturated heterocycles. The Morgan fingerprint density at radius 2 is 1.54 bits per heavy atom. The maximum Gasteiger partial charge on any atom is 0.0379 e. The summed E-state index contributed by atoms with van der Waals surface area (Å²) in [6, 6.07) is 10.3. The summed E-state index contributed by atoms with van der Waals surface area (Å²) in [5, 5.41) is 3.08. The summed E-state index contributed by atoms with van der Waals surface area (Å²) in [7, 11) is 2.07. The fourth-order valence-corrected chi connectivity index (χ4v) is 0.800. The molecule has 2 heteroatoms.